The van der Waals surface area contributed by atoms with Crippen LogP contribution in [0.4, 0.5) is 17.1 Å². The molecule has 0 aliphatic carbocycles. The minimum atomic E-state index is -0.398. The monoisotopic (exact) mass is 453 g/mol. The lowest BCUT2D eigenvalue weighted by Crippen LogP contribution is -2.37. The highest BCUT2D eigenvalue weighted by Crippen LogP contribution is 2.21. The minimum Gasteiger partial charge on any atom is -0.398 e. The zero-order chi connectivity index (χ0) is 21.0. The van der Waals surface area contributed by atoms with Crippen LogP contribution in [0.3, 0.4) is 0 Å². The molecule has 0 fully saturated rings. The molecule has 7 N–H and O–H groups in total. The second-order valence-corrected chi connectivity index (χ2v) is 7.32. The van der Waals surface area contributed by atoms with E-state index in [1.54, 1.807) is 66.7 Å². The summed E-state index contributed by atoms with van der Waals surface area (Å²) in [7, 11) is 0. The summed E-state index contributed by atoms with van der Waals surface area (Å²) < 4.78 is 0.734. The number of nitrogens with one attached hydrogen (secondary N) is 1. The lowest BCUT2D eigenvalue weighted by molar-refractivity contribution is 0.0744. The second-order valence-electron chi connectivity index (χ2n) is 6.40. The summed E-state index contributed by atoms with van der Waals surface area (Å²) >= 11 is 3.32. The number of nitrogens with two attached hydrogens (primary N) is 3. The average Bonchev–Trinajstić information content (AvgIpc) is 2.71. The smallest absolute Gasteiger partial charge is 0.270 e. The number of hydrogen-bond donors (Lipinski definition) is 4. The molecule has 2 amide bonds. The number of anilines is 3. The van der Waals surface area contributed by atoms with E-state index in [0.29, 0.717) is 28.2 Å². The molecule has 29 heavy (non-hydrogen) atoms. The minimum absolute atomic E-state index is 0.165. The molecule has 0 saturated heterocycles. The molecule has 0 aliphatic heterocycles. The van der Waals surface area contributed by atoms with Crippen molar-refractivity contribution in [2.24, 2.45) is 5.84 Å². The van der Waals surface area contributed by atoms with Gasteiger partial charge in [-0.1, -0.05) is 40.2 Å². The van der Waals surface area contributed by atoms with Crippen LogP contribution in [0.2, 0.25) is 0 Å². The number of carbonyl (C=O) groups excluding carboxylic acids is 2. The van der Waals surface area contributed by atoms with Crippen LogP contribution in [0.5, 0.6) is 0 Å². The Morgan fingerprint density at radius 2 is 1.62 bits per heavy atom. The van der Waals surface area contributed by atoms with Gasteiger partial charge in [-0.25, -0.2) is 5.84 Å². The Labute approximate surface area is 176 Å². The Bertz CT molecular complexity index is 1050. The van der Waals surface area contributed by atoms with Crippen LogP contribution in [0.15, 0.2) is 71.2 Å². The van der Waals surface area contributed by atoms with E-state index >= 15 is 0 Å². The maximum absolute atomic E-state index is 12.6. The number of benzene rings is 3. The summed E-state index contributed by atoms with van der Waals surface area (Å²) in [5.74, 6) is 5.26. The van der Waals surface area contributed by atoms with Crippen molar-refractivity contribution < 1.29 is 9.59 Å². The summed E-state index contributed by atoms with van der Waals surface area (Å²) in [6.07, 6.45) is 0. The Hall–Kier alpha value is -3.36. The highest BCUT2D eigenvalue weighted by Gasteiger charge is 2.16. The fourth-order valence-corrected chi connectivity index (χ4v) is 3.06. The molecule has 7 nitrogen and oxygen atoms in total. The van der Waals surface area contributed by atoms with Crippen molar-refractivity contribution in [3.63, 3.8) is 0 Å². The molecule has 3 aromatic rings. The van der Waals surface area contributed by atoms with Gasteiger partial charge in [-0.3, -0.25) is 14.6 Å². The van der Waals surface area contributed by atoms with Crippen molar-refractivity contribution in [2.45, 2.75) is 6.54 Å². The number of nitrogens with zero attached hydrogens (tertiary/aromatic N) is 1. The van der Waals surface area contributed by atoms with Crippen molar-refractivity contribution in [3.05, 3.63) is 87.9 Å². The first-order valence-electron chi connectivity index (χ1n) is 8.71. The molecular formula is C21H20BrN5O2. The van der Waals surface area contributed by atoms with E-state index in [0.717, 1.165) is 15.0 Å². The number of nitrogen functional groups attached to an aromatic ring is 2. The largest absolute Gasteiger partial charge is 0.398 e. The van der Waals surface area contributed by atoms with Crippen LogP contribution >= 0.6 is 15.9 Å². The van der Waals surface area contributed by atoms with Gasteiger partial charge in [-0.2, -0.15) is 0 Å². The van der Waals surface area contributed by atoms with E-state index in [1.807, 2.05) is 0 Å². The molecule has 0 aromatic heterocycles. The van der Waals surface area contributed by atoms with Crippen LogP contribution in [0.1, 0.15) is 26.3 Å². The Balaban J connectivity index is 1.67. The molecular weight excluding hydrogens is 434 g/mol. The third-order valence-electron chi connectivity index (χ3n) is 4.28. The van der Waals surface area contributed by atoms with Gasteiger partial charge in [0.2, 0.25) is 0 Å². The zero-order valence-corrected chi connectivity index (χ0v) is 17.0. The topological polar surface area (TPSA) is 127 Å². The number of hydrazine groups is 1. The highest BCUT2D eigenvalue weighted by atomic mass is 79.9. The predicted molar refractivity (Wildman–Crippen MR) is 118 cm³/mol. The van der Waals surface area contributed by atoms with Gasteiger partial charge in [0, 0.05) is 15.7 Å². The molecule has 0 saturated carbocycles. The summed E-state index contributed by atoms with van der Waals surface area (Å²) in [5, 5.41) is 3.85. The number of hydrogen-bond acceptors (Lipinski definition) is 5. The van der Waals surface area contributed by atoms with E-state index in [2.05, 4.69) is 21.2 Å². The lowest BCUT2D eigenvalue weighted by atomic mass is 10.1. The third kappa shape index (κ3) is 4.92. The van der Waals surface area contributed by atoms with Crippen molar-refractivity contribution in [1.82, 2.24) is 5.01 Å². The molecule has 0 atom stereocenters. The van der Waals surface area contributed by atoms with Gasteiger partial charge in [0.05, 0.1) is 23.5 Å². The Kier molecular flexibility index (Phi) is 6.16. The van der Waals surface area contributed by atoms with E-state index < -0.39 is 5.91 Å². The first-order valence-corrected chi connectivity index (χ1v) is 9.51. The number of amides is 2. The molecule has 148 valence electrons. The van der Waals surface area contributed by atoms with Gasteiger partial charge in [0.25, 0.3) is 11.8 Å². The molecule has 8 heteroatoms. The first-order chi connectivity index (χ1) is 13.8. The van der Waals surface area contributed by atoms with Crippen molar-refractivity contribution in [2.75, 3.05) is 16.8 Å². The molecule has 3 aromatic carbocycles. The molecule has 0 radical (unpaired) electrons. The summed E-state index contributed by atoms with van der Waals surface area (Å²) in [4.78, 5) is 24.9. The summed E-state index contributed by atoms with van der Waals surface area (Å²) in [5.41, 5.74) is 14.6. The fourth-order valence-electron chi connectivity index (χ4n) is 2.70. The Morgan fingerprint density at radius 1 is 0.931 bits per heavy atom. The average molecular weight is 454 g/mol. The number of halogens is 1. The number of rotatable bonds is 5. The normalized spacial score (nSPS) is 10.4. The SMILES string of the molecule is Nc1ccccc1NC(=O)c1ccc(CN(N)C(=O)c2cc(Br)ccc2N)cc1. The van der Waals surface area contributed by atoms with Crippen molar-refractivity contribution in [3.8, 4) is 0 Å². The Morgan fingerprint density at radius 3 is 2.31 bits per heavy atom. The van der Waals surface area contributed by atoms with E-state index in [-0.39, 0.29) is 12.5 Å². The van der Waals surface area contributed by atoms with E-state index in [9.17, 15) is 9.59 Å². The number of para-hydroxylation sites is 2. The highest BCUT2D eigenvalue weighted by molar-refractivity contribution is 9.10. The van der Waals surface area contributed by atoms with Crippen LogP contribution in [0.25, 0.3) is 0 Å². The quantitative estimate of drug-likeness (QED) is 0.203. The van der Waals surface area contributed by atoms with Crippen LogP contribution in [-0.4, -0.2) is 16.8 Å². The molecule has 0 aliphatic rings. The van der Waals surface area contributed by atoms with E-state index in [1.165, 1.54) is 0 Å². The molecule has 0 unspecified atom stereocenters. The van der Waals surface area contributed by atoms with Gasteiger partial charge < -0.3 is 16.8 Å². The number of carbonyl (C=O) groups is 2. The van der Waals surface area contributed by atoms with Crippen LogP contribution in [0, 0.1) is 0 Å². The van der Waals surface area contributed by atoms with E-state index in [4.69, 9.17) is 17.3 Å². The van der Waals surface area contributed by atoms with Crippen LogP contribution in [-0.2, 0) is 6.54 Å². The molecule has 3 rings (SSSR count). The molecule has 0 bridgehead atoms. The van der Waals surface area contributed by atoms with Gasteiger partial charge in [0.15, 0.2) is 0 Å². The maximum Gasteiger partial charge on any atom is 0.270 e. The van der Waals surface area contributed by atoms with Crippen LogP contribution < -0.4 is 22.6 Å². The standard InChI is InChI=1S/C21H20BrN5O2/c22-15-9-10-17(23)16(11-15)21(29)27(25)12-13-5-7-14(8-6-13)20(28)26-19-4-2-1-3-18(19)24/h1-11H,12,23-25H2,(H,26,28). The molecule has 0 spiro atoms. The third-order valence-corrected chi connectivity index (χ3v) is 4.78. The summed E-state index contributed by atoms with van der Waals surface area (Å²) in [6, 6.07) is 18.8. The van der Waals surface area contributed by atoms with Gasteiger partial charge in [-0.15, -0.1) is 0 Å². The van der Waals surface area contributed by atoms with Gasteiger partial charge >= 0.3 is 0 Å². The second kappa shape index (κ2) is 8.76. The fraction of sp³-hybridized carbons (Fsp3) is 0.0476. The van der Waals surface area contributed by atoms with Crippen molar-refractivity contribution >= 4 is 44.8 Å². The van der Waals surface area contributed by atoms with Gasteiger partial charge in [0.1, 0.15) is 0 Å². The zero-order valence-electron chi connectivity index (χ0n) is 15.4. The van der Waals surface area contributed by atoms with Gasteiger partial charge in [-0.05, 0) is 48.0 Å². The predicted octanol–water partition coefficient (Wildman–Crippen LogP) is 3.38. The summed E-state index contributed by atoms with van der Waals surface area (Å²) in [6.45, 7) is 0.165. The van der Waals surface area contributed by atoms with Crippen molar-refractivity contribution in [1.29, 1.82) is 0 Å². The first kappa shape index (κ1) is 20.4. The lowest BCUT2D eigenvalue weighted by Gasteiger charge is -2.18. The maximum atomic E-state index is 12.6. The molecule has 0 heterocycles.